The molecule has 0 heterocycles. The van der Waals surface area contributed by atoms with Gasteiger partial charge in [0, 0.05) is 12.5 Å². The van der Waals surface area contributed by atoms with Crippen LogP contribution in [-0.2, 0) is 4.79 Å². The molecule has 76 valence electrons. The van der Waals surface area contributed by atoms with Crippen molar-refractivity contribution in [3.8, 4) is 5.75 Å². The van der Waals surface area contributed by atoms with Crippen molar-refractivity contribution in [2.75, 3.05) is 12.4 Å². The highest BCUT2D eigenvalue weighted by Gasteiger charge is 2.06. The van der Waals surface area contributed by atoms with E-state index in [-0.39, 0.29) is 11.6 Å². The van der Waals surface area contributed by atoms with Gasteiger partial charge in [0.25, 0.3) is 0 Å². The summed E-state index contributed by atoms with van der Waals surface area (Å²) in [6.45, 7) is 1.70. The average molecular weight is 197 g/mol. The number of benzene rings is 1. The summed E-state index contributed by atoms with van der Waals surface area (Å²) in [5.74, 6) is -0.178. The normalized spacial score (nSPS) is 9.64. The van der Waals surface area contributed by atoms with E-state index in [4.69, 9.17) is 4.74 Å². The molecule has 0 unspecified atom stereocenters. The minimum absolute atomic E-state index is 0.149. The maximum atomic E-state index is 13.1. The topological polar surface area (TPSA) is 38.3 Å². The van der Waals surface area contributed by atoms with E-state index in [2.05, 4.69) is 5.32 Å². The first-order chi connectivity index (χ1) is 6.67. The molecule has 0 aliphatic rings. The average Bonchev–Trinajstić information content (AvgIpc) is 2.21. The van der Waals surface area contributed by atoms with E-state index < -0.39 is 5.82 Å². The molecule has 0 saturated carbocycles. The van der Waals surface area contributed by atoms with Crippen LogP contribution in [0.1, 0.15) is 13.3 Å². The minimum Gasteiger partial charge on any atom is -0.497 e. The Morgan fingerprint density at radius 1 is 1.57 bits per heavy atom. The molecule has 0 atom stereocenters. The second-order valence-electron chi connectivity index (χ2n) is 2.75. The Morgan fingerprint density at radius 3 is 2.86 bits per heavy atom. The lowest BCUT2D eigenvalue weighted by molar-refractivity contribution is -0.115. The number of hydrogen-bond acceptors (Lipinski definition) is 2. The van der Waals surface area contributed by atoms with Gasteiger partial charge in [-0.15, -0.1) is 0 Å². The highest BCUT2D eigenvalue weighted by Crippen LogP contribution is 2.20. The number of carbonyl (C=O) groups is 1. The van der Waals surface area contributed by atoms with Crippen LogP contribution < -0.4 is 10.1 Å². The van der Waals surface area contributed by atoms with Crippen molar-refractivity contribution in [2.45, 2.75) is 13.3 Å². The van der Waals surface area contributed by atoms with Gasteiger partial charge >= 0.3 is 0 Å². The summed E-state index contributed by atoms with van der Waals surface area (Å²) in [6.07, 6.45) is 0.316. The number of ether oxygens (including phenoxy) is 1. The van der Waals surface area contributed by atoms with Crippen LogP contribution >= 0.6 is 0 Å². The Hall–Kier alpha value is -1.58. The van der Waals surface area contributed by atoms with Gasteiger partial charge in [-0.2, -0.15) is 0 Å². The number of rotatable bonds is 3. The highest BCUT2D eigenvalue weighted by molar-refractivity contribution is 5.90. The number of hydrogen-bond donors (Lipinski definition) is 1. The van der Waals surface area contributed by atoms with Crippen molar-refractivity contribution in [2.24, 2.45) is 0 Å². The molecule has 1 amide bonds. The molecule has 14 heavy (non-hydrogen) atoms. The molecule has 1 aromatic carbocycles. The third kappa shape index (κ3) is 2.45. The number of halogens is 1. The molecule has 0 bridgehead atoms. The number of carbonyl (C=O) groups excluding carboxylic acids is 1. The molecule has 0 spiro atoms. The summed E-state index contributed by atoms with van der Waals surface area (Å²) >= 11 is 0. The van der Waals surface area contributed by atoms with Crippen molar-refractivity contribution >= 4 is 11.6 Å². The van der Waals surface area contributed by atoms with Crippen molar-refractivity contribution in [1.82, 2.24) is 0 Å². The molecule has 1 N–H and O–H groups in total. The lowest BCUT2D eigenvalue weighted by Crippen LogP contribution is -2.10. The first-order valence-electron chi connectivity index (χ1n) is 4.30. The highest BCUT2D eigenvalue weighted by atomic mass is 19.1. The van der Waals surface area contributed by atoms with E-state index >= 15 is 0 Å². The fourth-order valence-electron chi connectivity index (χ4n) is 0.966. The first kappa shape index (κ1) is 10.5. The molecular formula is C10H12FNO2. The Kier molecular flexibility index (Phi) is 3.45. The molecule has 0 aliphatic carbocycles. The fraction of sp³-hybridized carbons (Fsp3) is 0.300. The third-order valence-corrected chi connectivity index (χ3v) is 1.77. The van der Waals surface area contributed by atoms with E-state index in [1.807, 2.05) is 0 Å². The Labute approximate surface area is 81.9 Å². The van der Waals surface area contributed by atoms with Gasteiger partial charge in [0.2, 0.25) is 5.91 Å². The monoisotopic (exact) mass is 197 g/mol. The summed E-state index contributed by atoms with van der Waals surface area (Å²) in [6, 6.07) is 4.20. The zero-order valence-corrected chi connectivity index (χ0v) is 8.13. The zero-order chi connectivity index (χ0) is 10.6. The van der Waals surface area contributed by atoms with E-state index in [1.54, 1.807) is 6.92 Å². The van der Waals surface area contributed by atoms with Crippen molar-refractivity contribution < 1.29 is 13.9 Å². The predicted octanol–water partition coefficient (Wildman–Crippen LogP) is 2.18. The number of methoxy groups -OCH3 is 1. The molecular weight excluding hydrogens is 185 g/mol. The summed E-state index contributed by atoms with van der Waals surface area (Å²) in [7, 11) is 1.48. The van der Waals surface area contributed by atoms with Crippen LogP contribution in [0.25, 0.3) is 0 Å². The van der Waals surface area contributed by atoms with Crippen LogP contribution in [0.5, 0.6) is 5.75 Å². The smallest absolute Gasteiger partial charge is 0.224 e. The number of amides is 1. The molecule has 1 rings (SSSR count). The Morgan fingerprint density at radius 2 is 2.29 bits per heavy atom. The lowest BCUT2D eigenvalue weighted by Gasteiger charge is -2.06. The summed E-state index contributed by atoms with van der Waals surface area (Å²) in [4.78, 5) is 11.0. The largest absolute Gasteiger partial charge is 0.497 e. The van der Waals surface area contributed by atoms with Gasteiger partial charge in [0.15, 0.2) is 0 Å². The maximum absolute atomic E-state index is 13.1. The predicted molar refractivity (Wildman–Crippen MR) is 51.9 cm³/mol. The summed E-state index contributed by atoms with van der Waals surface area (Å²) in [5.41, 5.74) is 0.149. The third-order valence-electron chi connectivity index (χ3n) is 1.77. The van der Waals surface area contributed by atoms with Crippen LogP contribution in [0.15, 0.2) is 18.2 Å². The van der Waals surface area contributed by atoms with E-state index in [0.29, 0.717) is 12.2 Å². The van der Waals surface area contributed by atoms with Gasteiger partial charge in [-0.3, -0.25) is 4.79 Å². The summed E-state index contributed by atoms with van der Waals surface area (Å²) < 4.78 is 18.0. The minimum atomic E-state index is -0.465. The van der Waals surface area contributed by atoms with Gasteiger partial charge in [-0.1, -0.05) is 6.92 Å². The molecule has 0 radical (unpaired) electrons. The quantitative estimate of drug-likeness (QED) is 0.806. The fourth-order valence-corrected chi connectivity index (χ4v) is 0.966. The van der Waals surface area contributed by atoms with Gasteiger partial charge < -0.3 is 10.1 Å². The molecule has 0 fully saturated rings. The standard InChI is InChI=1S/C10H12FNO2/c1-3-10(13)12-9-6-7(14-2)4-5-8(9)11/h4-6H,3H2,1-2H3,(H,12,13). The number of nitrogens with one attached hydrogen (secondary N) is 1. The van der Waals surface area contributed by atoms with Crippen LogP contribution in [0, 0.1) is 5.82 Å². The van der Waals surface area contributed by atoms with Crippen LogP contribution in [0.4, 0.5) is 10.1 Å². The van der Waals surface area contributed by atoms with Crippen molar-refractivity contribution in [3.63, 3.8) is 0 Å². The molecule has 0 aromatic heterocycles. The van der Waals surface area contributed by atoms with E-state index in [0.717, 1.165) is 0 Å². The van der Waals surface area contributed by atoms with Crippen molar-refractivity contribution in [1.29, 1.82) is 0 Å². The van der Waals surface area contributed by atoms with Crippen LogP contribution in [0.2, 0.25) is 0 Å². The SMILES string of the molecule is CCC(=O)Nc1cc(OC)ccc1F. The van der Waals surface area contributed by atoms with Crippen LogP contribution in [-0.4, -0.2) is 13.0 Å². The van der Waals surface area contributed by atoms with Gasteiger partial charge in [0.1, 0.15) is 11.6 Å². The molecule has 3 nitrogen and oxygen atoms in total. The lowest BCUT2D eigenvalue weighted by atomic mass is 10.2. The first-order valence-corrected chi connectivity index (χ1v) is 4.30. The second kappa shape index (κ2) is 4.60. The van der Waals surface area contributed by atoms with Gasteiger partial charge in [-0.05, 0) is 12.1 Å². The Bertz CT molecular complexity index is 339. The maximum Gasteiger partial charge on any atom is 0.224 e. The summed E-state index contributed by atoms with van der Waals surface area (Å²) in [5, 5.41) is 2.44. The Balaban J connectivity index is 2.89. The number of anilines is 1. The van der Waals surface area contributed by atoms with Crippen molar-refractivity contribution in [3.05, 3.63) is 24.0 Å². The second-order valence-corrected chi connectivity index (χ2v) is 2.75. The molecule has 4 heteroatoms. The molecule has 0 aliphatic heterocycles. The van der Waals surface area contributed by atoms with E-state index in [9.17, 15) is 9.18 Å². The van der Waals surface area contributed by atoms with Crippen LogP contribution in [0.3, 0.4) is 0 Å². The molecule has 0 saturated heterocycles. The van der Waals surface area contributed by atoms with Gasteiger partial charge in [0.05, 0.1) is 12.8 Å². The van der Waals surface area contributed by atoms with Gasteiger partial charge in [-0.25, -0.2) is 4.39 Å². The molecule has 1 aromatic rings. The zero-order valence-electron chi connectivity index (χ0n) is 8.13. The van der Waals surface area contributed by atoms with E-state index in [1.165, 1.54) is 25.3 Å².